The third-order valence-electron chi connectivity index (χ3n) is 5.13. The lowest BCUT2D eigenvalue weighted by Crippen LogP contribution is -2.34. The second kappa shape index (κ2) is 9.95. The molecule has 0 radical (unpaired) electrons. The molecule has 8 heteroatoms. The van der Waals surface area contributed by atoms with Crippen LogP contribution in [0.2, 0.25) is 0 Å². The van der Waals surface area contributed by atoms with Gasteiger partial charge in [0.15, 0.2) is 0 Å². The molecule has 4 aromatic rings. The van der Waals surface area contributed by atoms with Gasteiger partial charge in [0.25, 0.3) is 0 Å². The number of amides is 2. The molecule has 0 bridgehead atoms. The van der Waals surface area contributed by atoms with Crippen molar-refractivity contribution >= 4 is 28.6 Å². The number of halogens is 1. The Hall–Kier alpha value is -4.20. The number of carbonyl (C=O) groups is 2. The Labute approximate surface area is 190 Å². The number of carbonyl (C=O) groups excluding carboxylic acids is 2. The minimum absolute atomic E-state index is 0.0246. The number of aromatic amines is 1. The molecule has 33 heavy (non-hydrogen) atoms. The number of nitrogens with one attached hydrogen (secondary N) is 3. The normalized spacial score (nSPS) is 11.7. The molecule has 168 valence electrons. The van der Waals surface area contributed by atoms with Crippen LogP contribution in [0.15, 0.2) is 73.1 Å². The molecule has 2 aromatic heterocycles. The van der Waals surface area contributed by atoms with Crippen molar-refractivity contribution in [3.05, 3.63) is 84.4 Å². The van der Waals surface area contributed by atoms with Crippen LogP contribution in [0.25, 0.3) is 22.2 Å². The summed E-state index contributed by atoms with van der Waals surface area (Å²) in [6.07, 6.45) is 3.27. The van der Waals surface area contributed by atoms with Crippen molar-refractivity contribution in [2.75, 3.05) is 11.9 Å². The third kappa shape index (κ3) is 5.17. The second-order valence-corrected chi connectivity index (χ2v) is 7.38. The smallest absolute Gasteiger partial charge is 0.319 e. The highest BCUT2D eigenvalue weighted by Crippen LogP contribution is 2.35. The maximum absolute atomic E-state index is 14.0. The fourth-order valence-corrected chi connectivity index (χ4v) is 3.65. The van der Waals surface area contributed by atoms with Crippen molar-refractivity contribution < 1.29 is 18.7 Å². The number of nitrogens with zero attached hydrogens (tertiary/aromatic N) is 1. The molecule has 2 amide bonds. The molecule has 7 nitrogen and oxygen atoms in total. The summed E-state index contributed by atoms with van der Waals surface area (Å²) in [4.78, 5) is 32.5. The van der Waals surface area contributed by atoms with E-state index in [9.17, 15) is 14.0 Å². The summed E-state index contributed by atoms with van der Waals surface area (Å²) in [5, 5.41) is 6.20. The number of urea groups is 1. The lowest BCUT2D eigenvalue weighted by molar-refractivity contribution is -0.143. The Morgan fingerprint density at radius 2 is 1.94 bits per heavy atom. The molecule has 0 saturated heterocycles. The van der Waals surface area contributed by atoms with Crippen LogP contribution in [-0.2, 0) is 9.53 Å². The highest BCUT2D eigenvalue weighted by Gasteiger charge is 2.21. The predicted octanol–water partition coefficient (Wildman–Crippen LogP) is 5.19. The second-order valence-electron chi connectivity index (χ2n) is 7.38. The molecular formula is C25H23FN4O3. The van der Waals surface area contributed by atoms with E-state index >= 15 is 0 Å². The van der Waals surface area contributed by atoms with E-state index in [0.29, 0.717) is 22.3 Å². The lowest BCUT2D eigenvalue weighted by atomic mass is 10.0. The fraction of sp³-hybridized carbons (Fsp3) is 0.160. The predicted molar refractivity (Wildman–Crippen MR) is 124 cm³/mol. The van der Waals surface area contributed by atoms with Crippen LogP contribution in [0.3, 0.4) is 0 Å². The van der Waals surface area contributed by atoms with Crippen LogP contribution in [0.1, 0.15) is 24.9 Å². The molecule has 2 aromatic carbocycles. The first kappa shape index (κ1) is 22.0. The van der Waals surface area contributed by atoms with Gasteiger partial charge >= 0.3 is 12.0 Å². The molecule has 0 spiro atoms. The van der Waals surface area contributed by atoms with Crippen LogP contribution >= 0.6 is 0 Å². The van der Waals surface area contributed by atoms with Crippen LogP contribution < -0.4 is 10.6 Å². The number of ether oxygens (including phenoxy) is 1. The molecule has 0 aliphatic heterocycles. The van der Waals surface area contributed by atoms with Gasteiger partial charge in [-0.2, -0.15) is 0 Å². The van der Waals surface area contributed by atoms with Gasteiger partial charge in [0, 0.05) is 28.9 Å². The van der Waals surface area contributed by atoms with Gasteiger partial charge in [-0.25, -0.2) is 9.18 Å². The van der Waals surface area contributed by atoms with Crippen molar-refractivity contribution in [1.29, 1.82) is 0 Å². The highest BCUT2D eigenvalue weighted by molar-refractivity contribution is 6.07. The standard InChI is InChI=1S/C25H23FN4O3/c1-2-33-22(31)14-21(16-7-4-3-5-8-16)29-25(32)30-24-19-13-18(26)10-11-20(19)28-23(24)17-9-6-12-27-15-17/h3-13,15,21,28H,2,14H2,1H3,(H2,29,30,32)/t21-/m1/s1. The fourth-order valence-electron chi connectivity index (χ4n) is 3.65. The average Bonchev–Trinajstić information content (AvgIpc) is 3.17. The topological polar surface area (TPSA) is 96.1 Å². The minimum atomic E-state index is -0.603. The van der Waals surface area contributed by atoms with Gasteiger partial charge in [-0.05, 0) is 42.8 Å². The summed E-state index contributed by atoms with van der Waals surface area (Å²) >= 11 is 0. The Morgan fingerprint density at radius 1 is 1.12 bits per heavy atom. The van der Waals surface area contributed by atoms with Gasteiger partial charge in [0.1, 0.15) is 5.82 Å². The van der Waals surface area contributed by atoms with Crippen molar-refractivity contribution in [2.24, 2.45) is 0 Å². The van der Waals surface area contributed by atoms with Crippen molar-refractivity contribution in [3.63, 3.8) is 0 Å². The first-order valence-corrected chi connectivity index (χ1v) is 10.5. The zero-order valence-electron chi connectivity index (χ0n) is 18.0. The number of hydrogen-bond acceptors (Lipinski definition) is 4. The SMILES string of the molecule is CCOC(=O)C[C@@H](NC(=O)Nc1c(-c2cccnc2)[nH]c2ccc(F)cc12)c1ccccc1. The first-order chi connectivity index (χ1) is 16.0. The number of pyridine rings is 1. The van der Waals surface area contributed by atoms with Gasteiger partial charge in [-0.1, -0.05) is 30.3 Å². The average molecular weight is 446 g/mol. The summed E-state index contributed by atoms with van der Waals surface area (Å²) in [5.41, 5.74) is 3.17. The zero-order chi connectivity index (χ0) is 23.2. The Bertz CT molecular complexity index is 1260. The van der Waals surface area contributed by atoms with Gasteiger partial charge < -0.3 is 20.4 Å². The number of hydrogen-bond donors (Lipinski definition) is 3. The molecule has 0 saturated carbocycles. The number of anilines is 1. The van der Waals surface area contributed by atoms with Crippen molar-refractivity contribution in [3.8, 4) is 11.3 Å². The quantitative estimate of drug-likeness (QED) is 0.341. The van der Waals surface area contributed by atoms with E-state index < -0.39 is 23.9 Å². The Kier molecular flexibility index (Phi) is 6.64. The number of rotatable bonds is 7. The van der Waals surface area contributed by atoms with Crippen molar-refractivity contribution in [2.45, 2.75) is 19.4 Å². The summed E-state index contributed by atoms with van der Waals surface area (Å²) in [7, 11) is 0. The molecule has 0 unspecified atom stereocenters. The summed E-state index contributed by atoms with van der Waals surface area (Å²) < 4.78 is 19.1. The van der Waals surface area contributed by atoms with Gasteiger partial charge in [0.05, 0.1) is 30.5 Å². The highest BCUT2D eigenvalue weighted by atomic mass is 19.1. The summed E-state index contributed by atoms with van der Waals surface area (Å²) in [6, 6.07) is 15.9. The number of H-pyrrole nitrogens is 1. The molecule has 0 aliphatic rings. The van der Waals surface area contributed by atoms with E-state index in [2.05, 4.69) is 20.6 Å². The maximum Gasteiger partial charge on any atom is 0.319 e. The first-order valence-electron chi connectivity index (χ1n) is 10.5. The Morgan fingerprint density at radius 3 is 2.67 bits per heavy atom. The number of esters is 1. The largest absolute Gasteiger partial charge is 0.466 e. The monoisotopic (exact) mass is 446 g/mol. The molecular weight excluding hydrogens is 423 g/mol. The van der Waals surface area contributed by atoms with Gasteiger partial charge in [-0.15, -0.1) is 0 Å². The van der Waals surface area contributed by atoms with E-state index in [1.165, 1.54) is 12.1 Å². The Balaban J connectivity index is 1.64. The maximum atomic E-state index is 14.0. The molecule has 2 heterocycles. The van der Waals surface area contributed by atoms with E-state index in [1.54, 1.807) is 31.5 Å². The third-order valence-corrected chi connectivity index (χ3v) is 5.13. The lowest BCUT2D eigenvalue weighted by Gasteiger charge is -2.19. The number of benzene rings is 2. The summed E-state index contributed by atoms with van der Waals surface area (Å²) in [6.45, 7) is 1.98. The van der Waals surface area contributed by atoms with E-state index in [-0.39, 0.29) is 13.0 Å². The van der Waals surface area contributed by atoms with Crippen LogP contribution in [-0.4, -0.2) is 28.6 Å². The van der Waals surface area contributed by atoms with Crippen molar-refractivity contribution in [1.82, 2.24) is 15.3 Å². The summed E-state index contributed by atoms with van der Waals surface area (Å²) in [5.74, 6) is -0.843. The molecule has 0 aliphatic carbocycles. The van der Waals surface area contributed by atoms with Gasteiger partial charge in [-0.3, -0.25) is 9.78 Å². The van der Waals surface area contributed by atoms with Gasteiger partial charge in [0.2, 0.25) is 0 Å². The van der Waals surface area contributed by atoms with E-state index in [1.807, 2.05) is 36.4 Å². The van der Waals surface area contributed by atoms with Crippen LogP contribution in [0.5, 0.6) is 0 Å². The van der Waals surface area contributed by atoms with E-state index in [4.69, 9.17) is 4.74 Å². The minimum Gasteiger partial charge on any atom is -0.466 e. The molecule has 0 fully saturated rings. The number of aromatic nitrogens is 2. The van der Waals surface area contributed by atoms with Crippen LogP contribution in [0, 0.1) is 5.82 Å². The molecule has 3 N–H and O–H groups in total. The van der Waals surface area contributed by atoms with Crippen LogP contribution in [0.4, 0.5) is 14.9 Å². The molecule has 4 rings (SSSR count). The number of fused-ring (bicyclic) bond motifs is 1. The van der Waals surface area contributed by atoms with E-state index in [0.717, 1.165) is 11.1 Å². The molecule has 1 atom stereocenters. The zero-order valence-corrected chi connectivity index (χ0v) is 18.0.